The van der Waals surface area contributed by atoms with Crippen molar-refractivity contribution in [2.75, 3.05) is 18.9 Å². The van der Waals surface area contributed by atoms with E-state index < -0.39 is 50.6 Å². The minimum absolute atomic E-state index is 0.118. The summed E-state index contributed by atoms with van der Waals surface area (Å²) in [6.45, 7) is 0.732. The Morgan fingerprint density at radius 3 is 2.61 bits per heavy atom. The van der Waals surface area contributed by atoms with Crippen LogP contribution in [-0.4, -0.2) is 82.9 Å². The normalized spacial score (nSPS) is 23.1. The summed E-state index contributed by atoms with van der Waals surface area (Å²) in [5.41, 5.74) is 7.54. The number of nitrogen functional groups attached to an aromatic ring is 1. The van der Waals surface area contributed by atoms with Crippen LogP contribution in [0.15, 0.2) is 36.7 Å². The van der Waals surface area contributed by atoms with E-state index in [4.69, 9.17) is 15.2 Å². The van der Waals surface area contributed by atoms with Gasteiger partial charge in [-0.2, -0.15) is 0 Å². The number of nitrogens with two attached hydrogens (primary N) is 1. The summed E-state index contributed by atoms with van der Waals surface area (Å²) in [5.74, 6) is -2.93. The van der Waals surface area contributed by atoms with Gasteiger partial charge in [0, 0.05) is 6.42 Å². The molecule has 0 aliphatic carbocycles. The van der Waals surface area contributed by atoms with Gasteiger partial charge in [-0.05, 0) is 12.5 Å². The first-order valence-electron chi connectivity index (χ1n) is 11.0. The van der Waals surface area contributed by atoms with Gasteiger partial charge in [-0.25, -0.2) is 19.7 Å². The number of anilines is 1. The van der Waals surface area contributed by atoms with E-state index in [1.54, 1.807) is 0 Å². The van der Waals surface area contributed by atoms with Gasteiger partial charge in [0.25, 0.3) is 5.85 Å². The zero-order chi connectivity index (χ0) is 26.0. The third-order valence-electron chi connectivity index (χ3n) is 5.52. The highest BCUT2D eigenvalue weighted by molar-refractivity contribution is 7.53. The van der Waals surface area contributed by atoms with Crippen LogP contribution in [0.1, 0.15) is 24.5 Å². The van der Waals surface area contributed by atoms with Gasteiger partial charge in [0.15, 0.2) is 17.7 Å². The number of fused-ring (bicyclic) bond motifs is 1. The third-order valence-corrected chi connectivity index (χ3v) is 6.49. The lowest BCUT2D eigenvalue weighted by molar-refractivity contribution is -0.155. The van der Waals surface area contributed by atoms with Crippen LogP contribution < -0.4 is 5.73 Å². The van der Waals surface area contributed by atoms with Crippen LogP contribution in [0.25, 0.3) is 11.2 Å². The Morgan fingerprint density at radius 2 is 1.94 bits per heavy atom. The van der Waals surface area contributed by atoms with E-state index in [0.717, 1.165) is 5.56 Å². The molecule has 0 bridgehead atoms. The van der Waals surface area contributed by atoms with E-state index in [-0.39, 0.29) is 23.6 Å². The number of aliphatic hydroxyl groups excluding tert-OH is 2. The van der Waals surface area contributed by atoms with Crippen LogP contribution in [0, 0.1) is 0 Å². The summed E-state index contributed by atoms with van der Waals surface area (Å²) >= 11 is 0. The van der Waals surface area contributed by atoms with Gasteiger partial charge < -0.3 is 39.9 Å². The molecular formula is C21H26N5O9P. The summed E-state index contributed by atoms with van der Waals surface area (Å²) in [4.78, 5) is 43.8. The van der Waals surface area contributed by atoms with Crippen molar-refractivity contribution in [3.63, 3.8) is 0 Å². The van der Waals surface area contributed by atoms with E-state index in [2.05, 4.69) is 19.7 Å². The lowest BCUT2D eigenvalue weighted by atomic mass is 10.1. The molecule has 5 atom stereocenters. The average molecular weight is 523 g/mol. The molecule has 1 aliphatic rings. The number of benzene rings is 1. The number of hydrogen-bond donors (Lipinski definition) is 5. The first-order chi connectivity index (χ1) is 17.1. The number of aromatic nitrogens is 4. The number of carbonyl (C=O) groups is 1. The molecule has 36 heavy (non-hydrogen) atoms. The molecule has 0 spiro atoms. The summed E-state index contributed by atoms with van der Waals surface area (Å²) in [6.07, 6.45) is -3.72. The van der Waals surface area contributed by atoms with Crippen LogP contribution in [0.4, 0.5) is 5.82 Å². The quantitative estimate of drug-likeness (QED) is 0.180. The average Bonchev–Trinajstić information content (AvgIpc) is 3.35. The highest BCUT2D eigenvalue weighted by atomic mass is 31.2. The van der Waals surface area contributed by atoms with Gasteiger partial charge >= 0.3 is 13.6 Å². The van der Waals surface area contributed by atoms with E-state index in [1.165, 1.54) is 17.8 Å². The summed E-state index contributed by atoms with van der Waals surface area (Å²) in [7, 11) is -5.03. The maximum Gasteiger partial charge on any atom is 0.365 e. The molecule has 0 radical (unpaired) electrons. The molecule has 15 heteroatoms. The number of imidazole rings is 1. The minimum Gasteiger partial charge on any atom is -0.464 e. The molecule has 0 saturated carbocycles. The lowest BCUT2D eigenvalue weighted by Crippen LogP contribution is -2.36. The van der Waals surface area contributed by atoms with Gasteiger partial charge in [-0.1, -0.05) is 30.3 Å². The first kappa shape index (κ1) is 26.1. The van der Waals surface area contributed by atoms with Gasteiger partial charge in [0.2, 0.25) is 0 Å². The van der Waals surface area contributed by atoms with Crippen LogP contribution >= 0.6 is 7.60 Å². The Bertz CT molecular complexity index is 1270. The van der Waals surface area contributed by atoms with Crippen LogP contribution in [0.2, 0.25) is 0 Å². The Morgan fingerprint density at radius 1 is 1.22 bits per heavy atom. The fourth-order valence-electron chi connectivity index (χ4n) is 3.83. The van der Waals surface area contributed by atoms with Crippen molar-refractivity contribution in [1.82, 2.24) is 19.5 Å². The number of carbonyl (C=O) groups excluding carboxylic acids is 1. The Kier molecular flexibility index (Phi) is 7.66. The maximum atomic E-state index is 11.9. The predicted molar refractivity (Wildman–Crippen MR) is 123 cm³/mol. The molecule has 3 aromatic rings. The third kappa shape index (κ3) is 5.39. The second-order valence-electron chi connectivity index (χ2n) is 8.08. The molecule has 1 fully saturated rings. The number of aliphatic hydroxyl groups is 2. The zero-order valence-corrected chi connectivity index (χ0v) is 20.0. The Balaban J connectivity index is 1.55. The maximum absolute atomic E-state index is 11.9. The molecule has 0 amide bonds. The second kappa shape index (κ2) is 10.6. The smallest absolute Gasteiger partial charge is 0.365 e. The number of nitrogens with zero attached hydrogens (tertiary/aromatic N) is 4. The monoisotopic (exact) mass is 523 g/mol. The minimum atomic E-state index is -5.03. The molecule has 194 valence electrons. The number of ether oxygens (including phenoxy) is 3. The lowest BCUT2D eigenvalue weighted by Gasteiger charge is -2.20. The molecule has 1 aliphatic heterocycles. The molecule has 3 heterocycles. The van der Waals surface area contributed by atoms with Crippen LogP contribution in [0.5, 0.6) is 0 Å². The largest absolute Gasteiger partial charge is 0.464 e. The Hall–Kier alpha value is -2.97. The summed E-state index contributed by atoms with van der Waals surface area (Å²) in [5, 5.41) is 21.2. The van der Waals surface area contributed by atoms with E-state index in [0.29, 0.717) is 12.2 Å². The molecule has 14 nitrogen and oxygen atoms in total. The van der Waals surface area contributed by atoms with Crippen LogP contribution in [-0.2, 0) is 30.0 Å². The molecular weight excluding hydrogens is 497 g/mol. The van der Waals surface area contributed by atoms with E-state index in [9.17, 15) is 29.4 Å². The zero-order valence-electron chi connectivity index (χ0n) is 19.1. The van der Waals surface area contributed by atoms with Crippen molar-refractivity contribution >= 4 is 30.5 Å². The molecule has 0 unspecified atom stereocenters. The number of hydrogen-bond acceptors (Lipinski definition) is 11. The first-order valence-corrected chi connectivity index (χ1v) is 12.7. The number of esters is 1. The molecule has 4 rings (SSSR count). The van der Waals surface area contributed by atoms with Gasteiger partial charge in [-0.15, -0.1) is 0 Å². The van der Waals surface area contributed by atoms with Crippen molar-refractivity contribution < 1.29 is 43.6 Å². The fraction of sp³-hybridized carbons (Fsp3) is 0.429. The highest BCUT2D eigenvalue weighted by Crippen LogP contribution is 2.43. The van der Waals surface area contributed by atoms with Gasteiger partial charge in [0.05, 0.1) is 19.5 Å². The van der Waals surface area contributed by atoms with Crippen molar-refractivity contribution in [2.24, 2.45) is 0 Å². The standard InChI is InChI=1S/C21H26N5O9P/c1-2-33-20(29)21(36(30,31)32)34-9-12-15(27)16(28)19(35-12)26-10-23-14-17(22)24-13(25-18(14)26)8-11-6-4-3-5-7-11/h3-7,10,12,15-16,19,21,27-28H,2,8-9H2,1H3,(H2,22,24,25)(H2,30,31,32)/t12-,15-,16-,19-,21+/m1/s1. The molecule has 6 N–H and O–H groups in total. The second-order valence-corrected chi connectivity index (χ2v) is 9.73. The fourth-order valence-corrected chi connectivity index (χ4v) is 4.46. The molecule has 1 aromatic carbocycles. The van der Waals surface area contributed by atoms with Crippen molar-refractivity contribution in [3.05, 3.63) is 48.0 Å². The van der Waals surface area contributed by atoms with Crippen molar-refractivity contribution in [1.29, 1.82) is 0 Å². The van der Waals surface area contributed by atoms with Gasteiger partial charge in [0.1, 0.15) is 29.7 Å². The van der Waals surface area contributed by atoms with Gasteiger partial charge in [-0.3, -0.25) is 9.13 Å². The summed E-state index contributed by atoms with van der Waals surface area (Å²) < 4.78 is 28.5. The SMILES string of the molecule is CCOC(=O)[C@@H](OC[C@H]1O[C@@H](n2cnc3c(N)nc(Cc4ccccc4)nc32)[C@H](O)[C@@H]1O)P(=O)(O)O. The van der Waals surface area contributed by atoms with Crippen molar-refractivity contribution in [3.8, 4) is 0 Å². The number of rotatable bonds is 9. The van der Waals surface area contributed by atoms with Crippen molar-refractivity contribution in [2.45, 2.75) is 43.7 Å². The predicted octanol–water partition coefficient (Wildman–Crippen LogP) is -0.298. The molecule has 1 saturated heterocycles. The Labute approximate surface area is 204 Å². The van der Waals surface area contributed by atoms with E-state index >= 15 is 0 Å². The van der Waals surface area contributed by atoms with Crippen LogP contribution in [0.3, 0.4) is 0 Å². The van der Waals surface area contributed by atoms with E-state index in [1.807, 2.05) is 30.3 Å². The summed E-state index contributed by atoms with van der Waals surface area (Å²) in [6, 6.07) is 9.47. The molecule has 2 aromatic heterocycles. The topological polar surface area (TPSA) is 212 Å². The highest BCUT2D eigenvalue weighted by Gasteiger charge is 2.46.